The van der Waals surface area contributed by atoms with Gasteiger partial charge in [0.1, 0.15) is 0 Å². The van der Waals surface area contributed by atoms with Gasteiger partial charge in [-0.2, -0.15) is 0 Å². The van der Waals surface area contributed by atoms with Gasteiger partial charge in [-0.15, -0.1) is 0 Å². The number of likely N-dealkylation sites (N-methyl/N-ethyl adjacent to an activating group) is 1. The summed E-state index contributed by atoms with van der Waals surface area (Å²) in [7, 11) is 4.27. The van der Waals surface area contributed by atoms with E-state index in [4.69, 9.17) is 4.99 Å². The largest absolute Gasteiger partial charge is 0.361 e. The van der Waals surface area contributed by atoms with Gasteiger partial charge in [0.05, 0.1) is 6.04 Å². The minimum atomic E-state index is 0.452. The zero-order valence-electron chi connectivity index (χ0n) is 12.7. The average Bonchev–Trinajstić information content (AvgIpc) is 2.21. The number of hydrogen-bond acceptors (Lipinski definition) is 4. The maximum absolute atomic E-state index is 4.77. The first-order chi connectivity index (χ1) is 8.38. The average molecular weight is 271 g/mol. The molecule has 0 bridgehead atoms. The van der Waals surface area contributed by atoms with Gasteiger partial charge in [-0.25, -0.2) is 0 Å². The number of thioether (sulfide) groups is 1. The van der Waals surface area contributed by atoms with Crippen LogP contribution < -0.4 is 5.32 Å². The Kier molecular flexibility index (Phi) is 6.50. The number of nitrogens with zero attached hydrogens (tertiary/aromatic N) is 2. The lowest BCUT2D eigenvalue weighted by molar-refractivity contribution is 0.328. The third-order valence-electron chi connectivity index (χ3n) is 3.30. The Balaban J connectivity index is 2.57. The van der Waals surface area contributed by atoms with Crippen LogP contribution in [0.3, 0.4) is 0 Å². The molecule has 1 aliphatic heterocycles. The highest BCUT2D eigenvalue weighted by atomic mass is 32.2. The lowest BCUT2D eigenvalue weighted by Gasteiger charge is -2.29. The number of rotatable bonds is 5. The molecule has 0 aromatic carbocycles. The summed E-state index contributed by atoms with van der Waals surface area (Å²) in [6.07, 6.45) is 1.20. The molecule has 3 atom stereocenters. The van der Waals surface area contributed by atoms with Crippen LogP contribution in [0.2, 0.25) is 0 Å². The normalized spacial score (nSPS) is 26.3. The van der Waals surface area contributed by atoms with Gasteiger partial charge in [0.25, 0.3) is 0 Å². The van der Waals surface area contributed by atoms with Crippen molar-refractivity contribution < 1.29 is 0 Å². The molecule has 0 aromatic heterocycles. The molecule has 0 amide bonds. The van der Waals surface area contributed by atoms with Crippen LogP contribution in [0.4, 0.5) is 0 Å². The van der Waals surface area contributed by atoms with Gasteiger partial charge in [-0.05, 0) is 39.3 Å². The summed E-state index contributed by atoms with van der Waals surface area (Å²) in [6, 6.07) is 0.958. The maximum atomic E-state index is 4.77. The second-order valence-electron chi connectivity index (χ2n) is 6.20. The van der Waals surface area contributed by atoms with Crippen LogP contribution in [-0.4, -0.2) is 48.5 Å². The quantitative estimate of drug-likeness (QED) is 0.833. The number of nitrogens with one attached hydrogen (secondary N) is 1. The summed E-state index contributed by atoms with van der Waals surface area (Å²) in [5, 5.41) is 4.79. The van der Waals surface area contributed by atoms with Gasteiger partial charge >= 0.3 is 0 Å². The van der Waals surface area contributed by atoms with E-state index in [2.05, 4.69) is 52.0 Å². The monoisotopic (exact) mass is 271 g/mol. The fraction of sp³-hybridized carbons (Fsp3) is 0.929. The summed E-state index contributed by atoms with van der Waals surface area (Å²) in [5.74, 6) is 2.59. The van der Waals surface area contributed by atoms with Crippen LogP contribution in [0, 0.1) is 11.8 Å². The molecule has 3 unspecified atom stereocenters. The van der Waals surface area contributed by atoms with Crippen molar-refractivity contribution in [2.75, 3.05) is 26.4 Å². The molecule has 0 fully saturated rings. The highest BCUT2D eigenvalue weighted by Crippen LogP contribution is 2.22. The van der Waals surface area contributed by atoms with Crippen LogP contribution in [-0.2, 0) is 0 Å². The molecule has 1 N–H and O–H groups in total. The Labute approximate surface area is 117 Å². The molecular formula is C14H29N3S. The van der Waals surface area contributed by atoms with Crippen molar-refractivity contribution in [3.8, 4) is 0 Å². The topological polar surface area (TPSA) is 27.6 Å². The van der Waals surface area contributed by atoms with E-state index in [0.717, 1.165) is 11.7 Å². The highest BCUT2D eigenvalue weighted by molar-refractivity contribution is 8.13. The van der Waals surface area contributed by atoms with Gasteiger partial charge < -0.3 is 10.2 Å². The summed E-state index contributed by atoms with van der Waals surface area (Å²) in [6.45, 7) is 10.1. The smallest absolute Gasteiger partial charge is 0.157 e. The Morgan fingerprint density at radius 3 is 2.56 bits per heavy atom. The van der Waals surface area contributed by atoms with Crippen LogP contribution in [0.5, 0.6) is 0 Å². The van der Waals surface area contributed by atoms with Gasteiger partial charge in [0.15, 0.2) is 5.17 Å². The van der Waals surface area contributed by atoms with E-state index >= 15 is 0 Å². The molecule has 0 saturated heterocycles. The second-order valence-corrected chi connectivity index (χ2v) is 7.20. The Hall–Kier alpha value is -0.220. The zero-order chi connectivity index (χ0) is 13.7. The summed E-state index contributed by atoms with van der Waals surface area (Å²) in [4.78, 5) is 7.02. The first-order valence-electron chi connectivity index (χ1n) is 7.00. The predicted molar refractivity (Wildman–Crippen MR) is 83.5 cm³/mol. The highest BCUT2D eigenvalue weighted by Gasteiger charge is 2.21. The first-order valence-corrected chi connectivity index (χ1v) is 7.99. The van der Waals surface area contributed by atoms with Crippen molar-refractivity contribution in [3.05, 3.63) is 0 Å². The van der Waals surface area contributed by atoms with Gasteiger partial charge in [-0.1, -0.05) is 32.5 Å². The molecule has 1 heterocycles. The van der Waals surface area contributed by atoms with Crippen LogP contribution in [0.25, 0.3) is 0 Å². The molecule has 1 rings (SSSR count). The van der Waals surface area contributed by atoms with Gasteiger partial charge in [0, 0.05) is 18.3 Å². The van der Waals surface area contributed by atoms with E-state index in [1.807, 2.05) is 11.8 Å². The third-order valence-corrected chi connectivity index (χ3v) is 4.49. The van der Waals surface area contributed by atoms with Crippen molar-refractivity contribution in [1.82, 2.24) is 10.2 Å². The zero-order valence-corrected chi connectivity index (χ0v) is 13.5. The lowest BCUT2D eigenvalue weighted by atomic mass is 10.0. The van der Waals surface area contributed by atoms with E-state index in [9.17, 15) is 0 Å². The number of amidine groups is 1. The molecule has 106 valence electrons. The Morgan fingerprint density at radius 1 is 1.39 bits per heavy atom. The SMILES string of the molecule is CC(C)CC(CN(C)C)NC1=NC(C)C(C)CS1. The van der Waals surface area contributed by atoms with E-state index in [-0.39, 0.29) is 0 Å². The van der Waals surface area contributed by atoms with Crippen molar-refractivity contribution in [2.24, 2.45) is 16.8 Å². The van der Waals surface area contributed by atoms with Crippen molar-refractivity contribution >= 4 is 16.9 Å². The molecule has 0 aromatic rings. The molecule has 0 radical (unpaired) electrons. The van der Waals surface area contributed by atoms with Crippen molar-refractivity contribution in [1.29, 1.82) is 0 Å². The summed E-state index contributed by atoms with van der Waals surface area (Å²) in [5.41, 5.74) is 0. The maximum Gasteiger partial charge on any atom is 0.157 e. The van der Waals surface area contributed by atoms with Crippen molar-refractivity contribution in [2.45, 2.75) is 46.2 Å². The summed E-state index contributed by atoms with van der Waals surface area (Å²) < 4.78 is 0. The fourth-order valence-corrected chi connectivity index (χ4v) is 3.33. The molecule has 0 aliphatic carbocycles. The number of aliphatic imine (C=N–C) groups is 1. The second kappa shape index (κ2) is 7.39. The third kappa shape index (κ3) is 5.61. The van der Waals surface area contributed by atoms with E-state index < -0.39 is 0 Å². The molecule has 0 spiro atoms. The predicted octanol–water partition coefficient (Wildman–Crippen LogP) is 2.68. The Bertz CT molecular complexity index is 266. The van der Waals surface area contributed by atoms with Crippen LogP contribution in [0.15, 0.2) is 4.99 Å². The molecular weight excluding hydrogens is 242 g/mol. The molecule has 4 heteroatoms. The lowest BCUT2D eigenvalue weighted by Crippen LogP contribution is -2.43. The van der Waals surface area contributed by atoms with E-state index in [1.165, 1.54) is 12.2 Å². The van der Waals surface area contributed by atoms with E-state index in [1.54, 1.807) is 0 Å². The standard InChI is InChI=1S/C14H29N3S/c1-10(2)7-13(8-17(5)6)16-14-15-12(4)11(3)9-18-14/h10-13H,7-9H2,1-6H3,(H,15,16). The van der Waals surface area contributed by atoms with E-state index in [0.29, 0.717) is 23.9 Å². The Morgan fingerprint density at radius 2 is 2.06 bits per heavy atom. The van der Waals surface area contributed by atoms with Crippen LogP contribution >= 0.6 is 11.8 Å². The molecule has 3 nitrogen and oxygen atoms in total. The van der Waals surface area contributed by atoms with Gasteiger partial charge in [-0.3, -0.25) is 4.99 Å². The summed E-state index contributed by atoms with van der Waals surface area (Å²) >= 11 is 1.88. The minimum Gasteiger partial charge on any atom is -0.361 e. The number of hydrogen-bond donors (Lipinski definition) is 1. The van der Waals surface area contributed by atoms with Crippen molar-refractivity contribution in [3.63, 3.8) is 0 Å². The minimum absolute atomic E-state index is 0.452. The van der Waals surface area contributed by atoms with Crippen LogP contribution in [0.1, 0.15) is 34.1 Å². The first kappa shape index (κ1) is 15.8. The molecule has 1 aliphatic rings. The molecule has 0 saturated carbocycles. The van der Waals surface area contributed by atoms with Gasteiger partial charge in [0.2, 0.25) is 0 Å². The molecule has 18 heavy (non-hydrogen) atoms. The fourth-order valence-electron chi connectivity index (χ4n) is 2.14.